The van der Waals surface area contributed by atoms with E-state index in [0.717, 1.165) is 12.0 Å². The Hall–Kier alpha value is -3.72. The number of hydrogen-bond acceptors (Lipinski definition) is 5. The fourth-order valence-electron chi connectivity index (χ4n) is 3.80. The van der Waals surface area contributed by atoms with Crippen LogP contribution in [0.3, 0.4) is 0 Å². The molecule has 0 unspecified atom stereocenters. The van der Waals surface area contributed by atoms with E-state index in [1.54, 1.807) is 67.8 Å². The molecule has 0 fully saturated rings. The van der Waals surface area contributed by atoms with Crippen LogP contribution in [0.2, 0.25) is 0 Å². The fraction of sp³-hybridized carbons (Fsp3) is 0.208. The first kappa shape index (κ1) is 22.5. The highest BCUT2D eigenvalue weighted by atomic mass is 32.2. The lowest BCUT2D eigenvalue weighted by atomic mass is 10.0. The van der Waals surface area contributed by atoms with Crippen molar-refractivity contribution in [2.75, 3.05) is 35.7 Å². The third kappa shape index (κ3) is 4.73. The third-order valence-corrected chi connectivity index (χ3v) is 7.23. The predicted molar refractivity (Wildman–Crippen MR) is 128 cm³/mol. The SMILES string of the molecule is COc1ccc(NC(=O)Nc2ccc3c(c2)CCCN3S(=O)(=O)c2ccccc2)c(OC)c1. The molecule has 2 amide bonds. The molecule has 0 atom stereocenters. The Morgan fingerprint density at radius 2 is 1.73 bits per heavy atom. The number of anilines is 3. The molecule has 0 radical (unpaired) electrons. The van der Waals surface area contributed by atoms with Crippen molar-refractivity contribution in [3.8, 4) is 11.5 Å². The summed E-state index contributed by atoms with van der Waals surface area (Å²) in [6.07, 6.45) is 1.41. The fourth-order valence-corrected chi connectivity index (χ4v) is 5.36. The molecule has 3 aromatic carbocycles. The van der Waals surface area contributed by atoms with Gasteiger partial charge in [-0.3, -0.25) is 4.31 Å². The van der Waals surface area contributed by atoms with Crippen molar-refractivity contribution >= 4 is 33.1 Å². The number of hydrogen-bond donors (Lipinski definition) is 2. The molecule has 0 aliphatic carbocycles. The number of carbonyl (C=O) groups excluding carboxylic acids is 1. The maximum Gasteiger partial charge on any atom is 0.323 e. The summed E-state index contributed by atoms with van der Waals surface area (Å²) in [5, 5.41) is 5.56. The Bertz CT molecular complexity index is 1260. The van der Waals surface area contributed by atoms with E-state index in [0.29, 0.717) is 41.5 Å². The first-order chi connectivity index (χ1) is 15.9. The minimum absolute atomic E-state index is 0.257. The Kier molecular flexibility index (Phi) is 6.41. The van der Waals surface area contributed by atoms with E-state index in [2.05, 4.69) is 10.6 Å². The highest BCUT2D eigenvalue weighted by Crippen LogP contribution is 2.34. The molecule has 4 rings (SSSR count). The summed E-state index contributed by atoms with van der Waals surface area (Å²) in [5.41, 5.74) is 2.56. The number of methoxy groups -OCH3 is 2. The highest BCUT2D eigenvalue weighted by molar-refractivity contribution is 7.92. The molecule has 1 heterocycles. The molecule has 0 aromatic heterocycles. The molecule has 2 N–H and O–H groups in total. The van der Waals surface area contributed by atoms with Gasteiger partial charge in [0.1, 0.15) is 11.5 Å². The minimum atomic E-state index is -3.66. The first-order valence-electron chi connectivity index (χ1n) is 10.4. The number of nitrogens with zero attached hydrogens (tertiary/aromatic N) is 1. The van der Waals surface area contributed by atoms with Crippen LogP contribution in [-0.2, 0) is 16.4 Å². The van der Waals surface area contributed by atoms with Gasteiger partial charge in [-0.2, -0.15) is 0 Å². The van der Waals surface area contributed by atoms with Crippen molar-refractivity contribution in [2.45, 2.75) is 17.7 Å². The van der Waals surface area contributed by atoms with Gasteiger partial charge in [0.2, 0.25) is 0 Å². The van der Waals surface area contributed by atoms with E-state index in [1.807, 2.05) is 6.07 Å². The number of fused-ring (bicyclic) bond motifs is 1. The number of urea groups is 1. The lowest BCUT2D eigenvalue weighted by Crippen LogP contribution is -2.35. The molecule has 9 heteroatoms. The van der Waals surface area contributed by atoms with Crippen molar-refractivity contribution in [3.05, 3.63) is 72.3 Å². The van der Waals surface area contributed by atoms with Gasteiger partial charge in [-0.25, -0.2) is 13.2 Å². The molecule has 0 saturated heterocycles. The van der Waals surface area contributed by atoms with Gasteiger partial charge in [-0.1, -0.05) is 18.2 Å². The Morgan fingerprint density at radius 3 is 2.45 bits per heavy atom. The van der Waals surface area contributed by atoms with Gasteiger partial charge in [0, 0.05) is 18.3 Å². The summed E-state index contributed by atoms with van der Waals surface area (Å²) in [6, 6.07) is 18.3. The predicted octanol–water partition coefficient (Wildman–Crippen LogP) is 4.49. The topological polar surface area (TPSA) is 97.0 Å². The molecular formula is C24H25N3O5S. The van der Waals surface area contributed by atoms with Crippen molar-refractivity contribution in [1.82, 2.24) is 0 Å². The monoisotopic (exact) mass is 467 g/mol. The zero-order valence-corrected chi connectivity index (χ0v) is 19.2. The van der Waals surface area contributed by atoms with Crippen LogP contribution in [0, 0.1) is 0 Å². The second-order valence-electron chi connectivity index (χ2n) is 7.48. The molecule has 3 aromatic rings. The number of rotatable bonds is 6. The molecule has 0 spiro atoms. The average Bonchev–Trinajstić information content (AvgIpc) is 2.84. The zero-order chi connectivity index (χ0) is 23.4. The molecule has 8 nitrogen and oxygen atoms in total. The van der Waals surface area contributed by atoms with E-state index in [-0.39, 0.29) is 4.90 Å². The van der Waals surface area contributed by atoms with Gasteiger partial charge < -0.3 is 20.1 Å². The first-order valence-corrected chi connectivity index (χ1v) is 11.9. The van der Waals surface area contributed by atoms with E-state index < -0.39 is 16.1 Å². The zero-order valence-electron chi connectivity index (χ0n) is 18.4. The van der Waals surface area contributed by atoms with E-state index in [4.69, 9.17) is 9.47 Å². The second kappa shape index (κ2) is 9.41. The lowest BCUT2D eigenvalue weighted by molar-refractivity contribution is 0.262. The third-order valence-electron chi connectivity index (χ3n) is 5.40. The molecule has 1 aliphatic rings. The van der Waals surface area contributed by atoms with Crippen molar-refractivity contribution in [3.63, 3.8) is 0 Å². The molecule has 33 heavy (non-hydrogen) atoms. The van der Waals surface area contributed by atoms with Crippen LogP contribution in [0.25, 0.3) is 0 Å². The van der Waals surface area contributed by atoms with Crippen LogP contribution < -0.4 is 24.4 Å². The summed E-state index contributed by atoms with van der Waals surface area (Å²) < 4.78 is 38.2. The molecule has 1 aliphatic heterocycles. The maximum atomic E-state index is 13.1. The van der Waals surface area contributed by atoms with E-state index >= 15 is 0 Å². The summed E-state index contributed by atoms with van der Waals surface area (Å²) in [7, 11) is -0.593. The van der Waals surface area contributed by atoms with Crippen LogP contribution >= 0.6 is 0 Å². The Morgan fingerprint density at radius 1 is 0.939 bits per heavy atom. The Balaban J connectivity index is 1.52. The van der Waals surface area contributed by atoms with Gasteiger partial charge in [-0.05, 0) is 60.9 Å². The summed E-state index contributed by atoms with van der Waals surface area (Å²) >= 11 is 0. The van der Waals surface area contributed by atoms with Gasteiger partial charge in [0.25, 0.3) is 10.0 Å². The second-order valence-corrected chi connectivity index (χ2v) is 9.34. The van der Waals surface area contributed by atoms with Gasteiger partial charge in [0.05, 0.1) is 30.5 Å². The molecule has 172 valence electrons. The van der Waals surface area contributed by atoms with Crippen molar-refractivity contribution < 1.29 is 22.7 Å². The molecule has 0 bridgehead atoms. The average molecular weight is 468 g/mol. The number of ether oxygens (including phenoxy) is 2. The van der Waals surface area contributed by atoms with Gasteiger partial charge in [0.15, 0.2) is 0 Å². The minimum Gasteiger partial charge on any atom is -0.497 e. The van der Waals surface area contributed by atoms with Crippen molar-refractivity contribution in [2.24, 2.45) is 0 Å². The largest absolute Gasteiger partial charge is 0.497 e. The molecular weight excluding hydrogens is 442 g/mol. The van der Waals surface area contributed by atoms with Gasteiger partial charge >= 0.3 is 6.03 Å². The number of benzene rings is 3. The maximum absolute atomic E-state index is 13.1. The van der Waals surface area contributed by atoms with Crippen molar-refractivity contribution in [1.29, 1.82) is 0 Å². The smallest absolute Gasteiger partial charge is 0.323 e. The highest BCUT2D eigenvalue weighted by Gasteiger charge is 2.29. The number of nitrogens with one attached hydrogen (secondary N) is 2. The summed E-state index contributed by atoms with van der Waals surface area (Å²) in [6.45, 7) is 0.411. The van der Waals surface area contributed by atoms with Gasteiger partial charge in [-0.15, -0.1) is 0 Å². The summed E-state index contributed by atoms with van der Waals surface area (Å²) in [4.78, 5) is 12.8. The number of sulfonamides is 1. The standard InChI is InChI=1S/C24H25N3O5S/c1-31-19-11-12-21(23(16-19)32-2)26-24(28)25-18-10-13-22-17(15-18)7-6-14-27(22)33(29,30)20-8-4-3-5-9-20/h3-5,8-13,15-16H,6-7,14H2,1-2H3,(H2,25,26,28). The number of carbonyl (C=O) groups is 1. The van der Waals surface area contributed by atoms with Crippen LogP contribution in [0.15, 0.2) is 71.6 Å². The molecule has 0 saturated carbocycles. The summed E-state index contributed by atoms with van der Waals surface area (Å²) in [5.74, 6) is 1.08. The van der Waals surface area contributed by atoms with E-state index in [1.165, 1.54) is 11.4 Å². The van der Waals surface area contributed by atoms with E-state index in [9.17, 15) is 13.2 Å². The quantitative estimate of drug-likeness (QED) is 0.557. The van der Waals surface area contributed by atoms with Crippen LogP contribution in [0.4, 0.5) is 21.9 Å². The van der Waals surface area contributed by atoms with Crippen LogP contribution in [0.1, 0.15) is 12.0 Å². The number of aryl methyl sites for hydroxylation is 1. The normalized spacial score (nSPS) is 13.1. The lowest BCUT2D eigenvalue weighted by Gasteiger charge is -2.31. The van der Waals surface area contributed by atoms with Crippen LogP contribution in [0.5, 0.6) is 11.5 Å². The Labute approximate surface area is 193 Å². The number of amides is 2. The van der Waals surface area contributed by atoms with Crippen LogP contribution in [-0.4, -0.2) is 35.2 Å².